The van der Waals surface area contributed by atoms with Gasteiger partial charge < -0.3 is 9.84 Å². The standard InChI is InChI=1S/C22H27F13O2.C21H27F11O2/c1-2-3-12-4-6-13(7-5-12)16(15(36)37)10-8-14(9-11-16)17(23,24)18(25,26)19(27,28)20(29,30)21(31,32)22(33,34)35;1-2-3-12-4-10-15(11-5-12)34-16(33)13-6-8-14(9-7-13)17(22,23)18(24,25)19(26,27)20(28,29)21(30,31)32/h12-14H,2-11H2,1H3,(H,36,37);12-15H,2-11H2,1H3/t12?,13?,14-,16-;. The molecule has 0 bridgehead atoms. The zero-order chi connectivity index (χ0) is 55.0. The fourth-order valence-corrected chi connectivity index (χ4v) is 10.5. The number of halogens is 24. The summed E-state index contributed by atoms with van der Waals surface area (Å²) in [5.74, 6) is -73.0. The van der Waals surface area contributed by atoms with E-state index < -0.39 is 158 Å². The Bertz CT molecular complexity index is 1750. The molecule has 418 valence electrons. The van der Waals surface area contributed by atoms with Crippen molar-refractivity contribution in [3.63, 3.8) is 0 Å². The molecule has 0 aromatic heterocycles. The molecule has 4 rings (SSSR count). The van der Waals surface area contributed by atoms with Gasteiger partial charge in [-0.05, 0) is 108 Å². The second-order valence-corrected chi connectivity index (χ2v) is 19.4. The number of ether oxygens (including phenoxy) is 1. The monoisotopic (exact) mass is 1090 g/mol. The predicted molar refractivity (Wildman–Crippen MR) is 201 cm³/mol. The van der Waals surface area contributed by atoms with E-state index in [1.54, 1.807) is 0 Å². The molecule has 1 N–H and O–H groups in total. The first kappa shape index (κ1) is 62.6. The molecule has 0 spiro atoms. The first-order chi connectivity index (χ1) is 31.9. The summed E-state index contributed by atoms with van der Waals surface area (Å²) in [7, 11) is 0. The molecule has 0 radical (unpaired) electrons. The van der Waals surface area contributed by atoms with Crippen LogP contribution >= 0.6 is 0 Å². The lowest BCUT2D eigenvalue weighted by atomic mass is 9.58. The summed E-state index contributed by atoms with van der Waals surface area (Å²) in [6.45, 7) is 4.00. The van der Waals surface area contributed by atoms with Gasteiger partial charge in [-0.2, -0.15) is 105 Å². The van der Waals surface area contributed by atoms with Gasteiger partial charge >= 0.3 is 77.6 Å². The molecule has 28 heteroatoms. The molecular weight excluding hydrogens is 1040 g/mol. The molecule has 0 amide bonds. The highest BCUT2D eigenvalue weighted by Gasteiger charge is 2.91. The van der Waals surface area contributed by atoms with Crippen LogP contribution in [-0.2, 0) is 14.3 Å². The highest BCUT2D eigenvalue weighted by atomic mass is 19.4. The van der Waals surface area contributed by atoms with Crippen LogP contribution in [0.15, 0.2) is 0 Å². The minimum atomic E-state index is -7.93. The summed E-state index contributed by atoms with van der Waals surface area (Å²) in [5, 5.41) is 9.82. The van der Waals surface area contributed by atoms with Gasteiger partial charge in [0.05, 0.1) is 11.3 Å². The van der Waals surface area contributed by atoms with Crippen molar-refractivity contribution in [3.8, 4) is 0 Å². The summed E-state index contributed by atoms with van der Waals surface area (Å²) < 4.78 is 326. The number of hydrogen-bond donors (Lipinski definition) is 1. The average molecular weight is 1090 g/mol. The number of esters is 1. The van der Waals surface area contributed by atoms with Gasteiger partial charge in [0, 0.05) is 11.8 Å². The summed E-state index contributed by atoms with van der Waals surface area (Å²) in [5.41, 5.74) is -1.67. The van der Waals surface area contributed by atoms with E-state index in [0.29, 0.717) is 50.4 Å². The number of hydrogen-bond acceptors (Lipinski definition) is 3. The van der Waals surface area contributed by atoms with E-state index in [-0.39, 0.29) is 6.10 Å². The van der Waals surface area contributed by atoms with Gasteiger partial charge in [0.15, 0.2) is 0 Å². The summed E-state index contributed by atoms with van der Waals surface area (Å²) in [6, 6.07) is 0. The van der Waals surface area contributed by atoms with Crippen molar-refractivity contribution < 1.29 is 125 Å². The van der Waals surface area contributed by atoms with E-state index in [1.165, 1.54) is 0 Å². The van der Waals surface area contributed by atoms with Crippen molar-refractivity contribution >= 4 is 11.9 Å². The average Bonchev–Trinajstić information content (AvgIpc) is 3.26. The van der Waals surface area contributed by atoms with E-state index in [1.807, 2.05) is 13.8 Å². The number of alkyl halides is 24. The Morgan fingerprint density at radius 2 is 0.761 bits per heavy atom. The maximum atomic E-state index is 14.6. The quantitative estimate of drug-likeness (QED) is 0.116. The van der Waals surface area contributed by atoms with Crippen LogP contribution < -0.4 is 0 Å². The summed E-state index contributed by atoms with van der Waals surface area (Å²) in [6.07, 6.45) is -12.9. The summed E-state index contributed by atoms with van der Waals surface area (Å²) in [4.78, 5) is 24.4. The van der Waals surface area contributed by atoms with Crippen LogP contribution in [0.25, 0.3) is 0 Å². The van der Waals surface area contributed by atoms with Gasteiger partial charge in [-0.25, -0.2) is 0 Å². The molecular formula is C43H54F24O4. The number of carbonyl (C=O) groups is 2. The molecule has 4 nitrogen and oxygen atoms in total. The third kappa shape index (κ3) is 11.4. The van der Waals surface area contributed by atoms with Crippen LogP contribution in [0.5, 0.6) is 0 Å². The lowest BCUT2D eigenvalue weighted by Crippen LogP contribution is -2.71. The van der Waals surface area contributed by atoms with Gasteiger partial charge in [-0.3, -0.25) is 9.59 Å². The van der Waals surface area contributed by atoms with Gasteiger partial charge in [-0.15, -0.1) is 0 Å². The Morgan fingerprint density at radius 1 is 0.437 bits per heavy atom. The van der Waals surface area contributed by atoms with Crippen molar-refractivity contribution in [3.05, 3.63) is 0 Å². The van der Waals surface area contributed by atoms with E-state index >= 15 is 0 Å². The molecule has 0 heterocycles. The maximum absolute atomic E-state index is 14.6. The van der Waals surface area contributed by atoms with Crippen molar-refractivity contribution in [2.45, 2.75) is 214 Å². The normalized spacial score (nSPS) is 28.7. The lowest BCUT2D eigenvalue weighted by Gasteiger charge is -2.47. The third-order valence-corrected chi connectivity index (χ3v) is 15.0. The highest BCUT2D eigenvalue weighted by Crippen LogP contribution is 2.64. The largest absolute Gasteiger partial charge is 0.481 e. The van der Waals surface area contributed by atoms with Crippen LogP contribution in [0.3, 0.4) is 0 Å². The fourth-order valence-electron chi connectivity index (χ4n) is 10.5. The van der Waals surface area contributed by atoms with E-state index in [4.69, 9.17) is 4.74 Å². The van der Waals surface area contributed by atoms with Crippen LogP contribution in [0.4, 0.5) is 105 Å². The highest BCUT2D eigenvalue weighted by molar-refractivity contribution is 5.75. The molecule has 4 aliphatic carbocycles. The van der Waals surface area contributed by atoms with Gasteiger partial charge in [-0.1, -0.05) is 52.4 Å². The number of rotatable bonds is 17. The lowest BCUT2D eigenvalue weighted by molar-refractivity contribution is -0.443. The molecule has 4 saturated carbocycles. The molecule has 0 aromatic rings. The van der Waals surface area contributed by atoms with Crippen molar-refractivity contribution in [1.82, 2.24) is 0 Å². The zero-order valence-corrected chi connectivity index (χ0v) is 37.9. The Labute approximate surface area is 391 Å². The smallest absolute Gasteiger partial charge is 0.460 e. The first-order valence-corrected chi connectivity index (χ1v) is 22.9. The number of carbonyl (C=O) groups excluding carboxylic acids is 1. The van der Waals surface area contributed by atoms with Crippen molar-refractivity contribution in [1.29, 1.82) is 0 Å². The van der Waals surface area contributed by atoms with Crippen molar-refractivity contribution in [2.24, 2.45) is 40.9 Å². The fraction of sp³-hybridized carbons (Fsp3) is 0.953. The van der Waals surface area contributed by atoms with E-state index in [0.717, 1.165) is 38.5 Å². The minimum Gasteiger partial charge on any atom is -0.481 e. The van der Waals surface area contributed by atoms with Gasteiger partial charge in [0.25, 0.3) is 0 Å². The second-order valence-electron chi connectivity index (χ2n) is 19.4. The molecule has 0 aliphatic heterocycles. The van der Waals surface area contributed by atoms with Gasteiger partial charge in [0.1, 0.15) is 6.10 Å². The second kappa shape index (κ2) is 21.5. The third-order valence-electron chi connectivity index (χ3n) is 15.0. The SMILES string of the molecule is CCCC1CCC(OC(=O)C2CCC(C(F)(F)C(F)(F)C(F)(F)C(F)(F)C(F)(F)F)CC2)CC1.CCCC1CCC([C@]2(C(=O)O)CC[C@H](C(F)(F)C(F)(F)C(F)(F)C(F)(F)C(F)(F)C(F)(F)F)CC2)CC1. The number of carboxylic acid groups (broad SMARTS) is 1. The number of carboxylic acids is 1. The molecule has 0 saturated heterocycles. The molecule has 0 atom stereocenters. The van der Waals surface area contributed by atoms with Gasteiger partial charge in [0.2, 0.25) is 0 Å². The van der Waals surface area contributed by atoms with Crippen LogP contribution in [0.1, 0.15) is 142 Å². The molecule has 0 unspecified atom stereocenters. The molecule has 4 aliphatic rings. The Kier molecular flexibility index (Phi) is 18.9. The Hall–Kier alpha value is -2.74. The van der Waals surface area contributed by atoms with Crippen molar-refractivity contribution in [2.75, 3.05) is 0 Å². The van der Waals surface area contributed by atoms with E-state index in [9.17, 15) is 120 Å². The Balaban J connectivity index is 0.000000377. The maximum Gasteiger partial charge on any atom is 0.460 e. The predicted octanol–water partition coefficient (Wildman–Crippen LogP) is 16.4. The van der Waals surface area contributed by atoms with Crippen LogP contribution in [0.2, 0.25) is 0 Å². The van der Waals surface area contributed by atoms with E-state index in [2.05, 4.69) is 0 Å². The zero-order valence-electron chi connectivity index (χ0n) is 37.9. The van der Waals surface area contributed by atoms with Crippen LogP contribution in [-0.4, -0.2) is 88.8 Å². The van der Waals surface area contributed by atoms with Crippen LogP contribution in [0, 0.1) is 40.9 Å². The first-order valence-electron chi connectivity index (χ1n) is 22.9. The minimum absolute atomic E-state index is 0.310. The Morgan fingerprint density at radius 3 is 1.10 bits per heavy atom. The summed E-state index contributed by atoms with van der Waals surface area (Å²) >= 11 is 0. The molecule has 0 aromatic carbocycles. The topological polar surface area (TPSA) is 63.6 Å². The molecule has 4 fully saturated rings. The number of aliphatic carboxylic acids is 1. The molecule has 71 heavy (non-hydrogen) atoms.